The normalized spacial score (nSPS) is 28.1. The molecule has 1 unspecified atom stereocenters. The van der Waals surface area contributed by atoms with Gasteiger partial charge in [0.1, 0.15) is 0 Å². The van der Waals surface area contributed by atoms with Crippen molar-refractivity contribution in [3.8, 4) is 0 Å². The van der Waals surface area contributed by atoms with Crippen LogP contribution in [0, 0.1) is 0 Å². The number of allylic oxidation sites excluding steroid dienone is 2. The maximum absolute atomic E-state index is 10.4. The highest BCUT2D eigenvalue weighted by Crippen LogP contribution is 2.15. The largest absolute Gasteiger partial charge is 0.250 e. The van der Waals surface area contributed by atoms with Gasteiger partial charge in [0.15, 0.2) is 0 Å². The van der Waals surface area contributed by atoms with Crippen molar-refractivity contribution >= 4 is 33.4 Å². The minimum Gasteiger partial charge on any atom is -0.250 e. The molecule has 0 aliphatic carbocycles. The SMILES string of the molecule is O=S1C=CC(I)=C1. The summed E-state index contributed by atoms with van der Waals surface area (Å²) in [5.41, 5.74) is 0. The highest BCUT2D eigenvalue weighted by molar-refractivity contribution is 14.1. The van der Waals surface area contributed by atoms with E-state index in [0.29, 0.717) is 0 Å². The maximum atomic E-state index is 10.4. The summed E-state index contributed by atoms with van der Waals surface area (Å²) in [6.07, 6.45) is 1.84. The highest BCUT2D eigenvalue weighted by Gasteiger charge is 1.96. The van der Waals surface area contributed by atoms with Gasteiger partial charge in [-0.2, -0.15) is 0 Å². The van der Waals surface area contributed by atoms with E-state index in [0.717, 1.165) is 3.58 Å². The second kappa shape index (κ2) is 2.09. The fourth-order valence-electron chi connectivity index (χ4n) is 0.322. The molecular formula is C4H3IOS. The van der Waals surface area contributed by atoms with Crippen LogP contribution in [0.5, 0.6) is 0 Å². The van der Waals surface area contributed by atoms with Crippen molar-refractivity contribution in [2.24, 2.45) is 0 Å². The molecule has 0 aromatic heterocycles. The lowest BCUT2D eigenvalue weighted by Crippen LogP contribution is -1.64. The molecular weight excluding hydrogens is 223 g/mol. The van der Waals surface area contributed by atoms with Gasteiger partial charge in [0.2, 0.25) is 0 Å². The van der Waals surface area contributed by atoms with Crippen molar-refractivity contribution in [3.05, 3.63) is 20.5 Å². The number of hydrogen-bond acceptors (Lipinski definition) is 1. The van der Waals surface area contributed by atoms with Crippen LogP contribution in [0.4, 0.5) is 0 Å². The molecule has 7 heavy (non-hydrogen) atoms. The molecule has 0 amide bonds. The van der Waals surface area contributed by atoms with Gasteiger partial charge in [-0.3, -0.25) is 4.21 Å². The summed E-state index contributed by atoms with van der Waals surface area (Å²) in [6, 6.07) is 0. The van der Waals surface area contributed by atoms with E-state index in [1.165, 1.54) is 0 Å². The molecule has 1 nitrogen and oxygen atoms in total. The van der Waals surface area contributed by atoms with Gasteiger partial charge in [-0.1, -0.05) is 0 Å². The standard InChI is InChI=1S/C4H3IOS/c5-4-1-2-7(6)3-4/h1-3H. The van der Waals surface area contributed by atoms with Crippen LogP contribution >= 0.6 is 22.6 Å². The van der Waals surface area contributed by atoms with Crippen molar-refractivity contribution in [2.45, 2.75) is 0 Å². The van der Waals surface area contributed by atoms with Crippen LogP contribution < -0.4 is 0 Å². The van der Waals surface area contributed by atoms with Gasteiger partial charge in [-0.15, -0.1) is 0 Å². The summed E-state index contributed by atoms with van der Waals surface area (Å²) in [5.74, 6) is 0. The van der Waals surface area contributed by atoms with Crippen molar-refractivity contribution in [1.29, 1.82) is 0 Å². The van der Waals surface area contributed by atoms with Crippen molar-refractivity contribution in [3.63, 3.8) is 0 Å². The Kier molecular flexibility index (Phi) is 1.64. The van der Waals surface area contributed by atoms with Gasteiger partial charge in [-0.25, -0.2) is 0 Å². The quantitative estimate of drug-likeness (QED) is 0.572. The third-order valence-electron chi connectivity index (χ3n) is 0.590. The topological polar surface area (TPSA) is 17.1 Å². The Bertz CT molecular complexity index is 159. The second-order valence-corrected chi connectivity index (χ2v) is 3.54. The van der Waals surface area contributed by atoms with E-state index < -0.39 is 10.8 Å². The van der Waals surface area contributed by atoms with E-state index in [2.05, 4.69) is 22.6 Å². The molecule has 0 fully saturated rings. The Balaban J connectivity index is 2.88. The molecule has 38 valence electrons. The molecule has 1 rings (SSSR count). The van der Waals surface area contributed by atoms with Crippen molar-refractivity contribution < 1.29 is 4.21 Å². The Labute approximate surface area is 58.1 Å². The van der Waals surface area contributed by atoms with Gasteiger partial charge in [0, 0.05) is 14.4 Å². The first-order valence-electron chi connectivity index (χ1n) is 1.74. The number of halogens is 1. The van der Waals surface area contributed by atoms with Crippen LogP contribution in [-0.4, -0.2) is 4.21 Å². The zero-order chi connectivity index (χ0) is 5.28. The van der Waals surface area contributed by atoms with E-state index in [1.807, 2.05) is 6.08 Å². The zero-order valence-corrected chi connectivity index (χ0v) is 6.40. The summed E-state index contributed by atoms with van der Waals surface area (Å²) in [6.45, 7) is 0. The molecule has 0 spiro atoms. The Hall–Kier alpha value is 0.360. The summed E-state index contributed by atoms with van der Waals surface area (Å²) in [7, 11) is -0.803. The third kappa shape index (κ3) is 1.38. The lowest BCUT2D eigenvalue weighted by Gasteiger charge is -1.70. The van der Waals surface area contributed by atoms with Crippen molar-refractivity contribution in [1.82, 2.24) is 0 Å². The van der Waals surface area contributed by atoms with Crippen LogP contribution in [-0.2, 0) is 10.8 Å². The van der Waals surface area contributed by atoms with Crippen LogP contribution in [0.3, 0.4) is 0 Å². The van der Waals surface area contributed by atoms with Crippen LogP contribution in [0.1, 0.15) is 0 Å². The van der Waals surface area contributed by atoms with Crippen LogP contribution in [0.15, 0.2) is 20.5 Å². The number of hydrogen-bond donors (Lipinski definition) is 0. The number of rotatable bonds is 0. The maximum Gasteiger partial charge on any atom is 0.0713 e. The first-order valence-corrected chi connectivity index (χ1v) is 4.09. The van der Waals surface area contributed by atoms with Gasteiger partial charge >= 0.3 is 0 Å². The van der Waals surface area contributed by atoms with E-state index in [4.69, 9.17) is 0 Å². The fourth-order valence-corrected chi connectivity index (χ4v) is 2.16. The molecule has 1 aliphatic rings. The average molecular weight is 226 g/mol. The molecule has 1 atom stereocenters. The third-order valence-corrected chi connectivity index (χ3v) is 2.57. The monoisotopic (exact) mass is 226 g/mol. The smallest absolute Gasteiger partial charge is 0.0713 e. The predicted octanol–water partition coefficient (Wildman–Crippen LogP) is 1.54. The summed E-state index contributed by atoms with van der Waals surface area (Å²) >= 11 is 2.13. The zero-order valence-electron chi connectivity index (χ0n) is 3.43. The molecule has 1 aliphatic heterocycles. The first-order chi connectivity index (χ1) is 3.29. The molecule has 0 radical (unpaired) electrons. The Morgan fingerprint density at radius 3 is 2.57 bits per heavy atom. The van der Waals surface area contributed by atoms with Gasteiger partial charge in [0.05, 0.1) is 10.8 Å². The molecule has 0 saturated heterocycles. The van der Waals surface area contributed by atoms with Crippen LogP contribution in [0.2, 0.25) is 0 Å². The van der Waals surface area contributed by atoms with Crippen LogP contribution in [0.25, 0.3) is 0 Å². The van der Waals surface area contributed by atoms with E-state index >= 15 is 0 Å². The molecule has 0 bridgehead atoms. The molecule has 3 heteroatoms. The summed E-state index contributed by atoms with van der Waals surface area (Å²) in [4.78, 5) is 0. The second-order valence-electron chi connectivity index (χ2n) is 1.13. The molecule has 1 heterocycles. The molecule has 0 aromatic rings. The summed E-state index contributed by atoms with van der Waals surface area (Å²) < 4.78 is 11.5. The summed E-state index contributed by atoms with van der Waals surface area (Å²) in [5, 5.41) is 3.38. The Morgan fingerprint density at radius 2 is 2.43 bits per heavy atom. The lowest BCUT2D eigenvalue weighted by atomic mass is 10.6. The van der Waals surface area contributed by atoms with E-state index in [9.17, 15) is 4.21 Å². The fraction of sp³-hybridized carbons (Fsp3) is 0. The van der Waals surface area contributed by atoms with Crippen molar-refractivity contribution in [2.75, 3.05) is 0 Å². The van der Waals surface area contributed by atoms with E-state index in [1.54, 1.807) is 10.8 Å². The molecule has 0 saturated carbocycles. The van der Waals surface area contributed by atoms with E-state index in [-0.39, 0.29) is 0 Å². The van der Waals surface area contributed by atoms with Gasteiger partial charge in [0.25, 0.3) is 0 Å². The lowest BCUT2D eigenvalue weighted by molar-refractivity contribution is 0.693. The highest BCUT2D eigenvalue weighted by atomic mass is 127. The average Bonchev–Trinajstić information content (AvgIpc) is 1.87. The predicted molar refractivity (Wildman–Crippen MR) is 39.4 cm³/mol. The van der Waals surface area contributed by atoms with Gasteiger partial charge in [-0.05, 0) is 28.7 Å². The minimum atomic E-state index is -0.803. The molecule has 0 N–H and O–H groups in total. The minimum absolute atomic E-state index is 0.803. The Morgan fingerprint density at radius 1 is 1.71 bits per heavy atom. The first kappa shape index (κ1) is 5.50. The van der Waals surface area contributed by atoms with Gasteiger partial charge < -0.3 is 0 Å². The molecule has 0 aromatic carbocycles.